The number of halogens is 2. The molecule has 1 aromatic rings. The lowest BCUT2D eigenvalue weighted by Crippen LogP contribution is -2.42. The third-order valence-corrected chi connectivity index (χ3v) is 4.98. The second-order valence-electron chi connectivity index (χ2n) is 6.56. The summed E-state index contributed by atoms with van der Waals surface area (Å²) in [7, 11) is 3.70. The standard InChI is InChI=1S/C18H26F2N2O/c1-13(14-9-10-16(19)17(20)11-14)22(3)18(23)12-21(2)15-7-5-4-6-8-15/h9-11,13,15H,4-8,12H2,1-3H3. The first kappa shape index (κ1) is 17.9. The Hall–Kier alpha value is -1.49. The van der Waals surface area contributed by atoms with Crippen LogP contribution in [0.4, 0.5) is 8.78 Å². The topological polar surface area (TPSA) is 23.6 Å². The van der Waals surface area contributed by atoms with Gasteiger partial charge in [-0.05, 0) is 44.5 Å². The molecular weight excluding hydrogens is 298 g/mol. The lowest BCUT2D eigenvalue weighted by Gasteiger charge is -2.33. The molecule has 128 valence electrons. The maximum Gasteiger partial charge on any atom is 0.236 e. The van der Waals surface area contributed by atoms with Crippen LogP contribution in [0.1, 0.15) is 50.6 Å². The van der Waals surface area contributed by atoms with Crippen LogP contribution in [0, 0.1) is 11.6 Å². The van der Waals surface area contributed by atoms with E-state index in [1.807, 2.05) is 14.0 Å². The second kappa shape index (κ2) is 7.86. The Morgan fingerprint density at radius 2 is 1.83 bits per heavy atom. The Balaban J connectivity index is 1.96. The predicted molar refractivity (Wildman–Crippen MR) is 87.0 cm³/mol. The van der Waals surface area contributed by atoms with Crippen LogP contribution in [-0.2, 0) is 4.79 Å². The zero-order chi connectivity index (χ0) is 17.0. The Labute approximate surface area is 137 Å². The summed E-state index contributed by atoms with van der Waals surface area (Å²) in [5.74, 6) is -1.75. The van der Waals surface area contributed by atoms with Crippen molar-refractivity contribution in [2.75, 3.05) is 20.6 Å². The van der Waals surface area contributed by atoms with Crippen LogP contribution in [-0.4, -0.2) is 42.4 Å². The molecule has 5 heteroatoms. The molecule has 0 heterocycles. The van der Waals surface area contributed by atoms with Crippen molar-refractivity contribution in [2.45, 2.75) is 51.1 Å². The van der Waals surface area contributed by atoms with Gasteiger partial charge in [0.15, 0.2) is 11.6 Å². The highest BCUT2D eigenvalue weighted by Gasteiger charge is 2.23. The summed E-state index contributed by atoms with van der Waals surface area (Å²) in [6.07, 6.45) is 6.03. The zero-order valence-corrected chi connectivity index (χ0v) is 14.2. The minimum atomic E-state index is -0.880. The van der Waals surface area contributed by atoms with Crippen molar-refractivity contribution in [3.05, 3.63) is 35.4 Å². The van der Waals surface area contributed by atoms with Crippen LogP contribution in [0.3, 0.4) is 0 Å². The van der Waals surface area contributed by atoms with Gasteiger partial charge in [-0.15, -0.1) is 0 Å². The fourth-order valence-corrected chi connectivity index (χ4v) is 3.19. The fourth-order valence-electron chi connectivity index (χ4n) is 3.19. The summed E-state index contributed by atoms with van der Waals surface area (Å²) >= 11 is 0. The maximum absolute atomic E-state index is 13.4. The summed E-state index contributed by atoms with van der Waals surface area (Å²) in [5, 5.41) is 0. The molecule has 1 unspecified atom stereocenters. The molecule has 3 nitrogen and oxygen atoms in total. The molecule has 0 radical (unpaired) electrons. The van der Waals surface area contributed by atoms with Gasteiger partial charge in [-0.25, -0.2) is 8.78 Å². The van der Waals surface area contributed by atoms with Crippen LogP contribution in [0.2, 0.25) is 0 Å². The number of hydrogen-bond donors (Lipinski definition) is 0. The third kappa shape index (κ3) is 4.50. The fraction of sp³-hybridized carbons (Fsp3) is 0.611. The molecule has 2 rings (SSSR count). The van der Waals surface area contributed by atoms with Gasteiger partial charge in [-0.2, -0.15) is 0 Å². The average Bonchev–Trinajstić information content (AvgIpc) is 2.56. The van der Waals surface area contributed by atoms with Crippen molar-refractivity contribution in [2.24, 2.45) is 0 Å². The molecule has 1 aromatic carbocycles. The van der Waals surface area contributed by atoms with Crippen molar-refractivity contribution < 1.29 is 13.6 Å². The average molecular weight is 324 g/mol. The zero-order valence-electron chi connectivity index (χ0n) is 14.2. The molecule has 1 amide bonds. The van der Waals surface area contributed by atoms with Crippen LogP contribution in [0.5, 0.6) is 0 Å². The largest absolute Gasteiger partial charge is 0.338 e. The van der Waals surface area contributed by atoms with Gasteiger partial charge in [0, 0.05) is 13.1 Å². The van der Waals surface area contributed by atoms with E-state index in [0.717, 1.165) is 25.0 Å². The van der Waals surface area contributed by atoms with Crippen molar-refractivity contribution in [3.8, 4) is 0 Å². The number of benzene rings is 1. The summed E-state index contributed by atoms with van der Waals surface area (Å²) < 4.78 is 26.4. The molecule has 0 bridgehead atoms. The van der Waals surface area contributed by atoms with Gasteiger partial charge in [0.1, 0.15) is 0 Å². The highest BCUT2D eigenvalue weighted by atomic mass is 19.2. The highest BCUT2D eigenvalue weighted by molar-refractivity contribution is 5.78. The number of hydrogen-bond acceptors (Lipinski definition) is 2. The van der Waals surface area contributed by atoms with E-state index in [4.69, 9.17) is 0 Å². The van der Waals surface area contributed by atoms with E-state index in [1.54, 1.807) is 11.9 Å². The van der Waals surface area contributed by atoms with E-state index in [9.17, 15) is 13.6 Å². The molecule has 0 aromatic heterocycles. The SMILES string of the molecule is CC(c1ccc(F)c(F)c1)N(C)C(=O)CN(C)C1CCCCC1. The van der Waals surface area contributed by atoms with Gasteiger partial charge in [0.25, 0.3) is 0 Å². The number of nitrogens with zero attached hydrogens (tertiary/aromatic N) is 2. The van der Waals surface area contributed by atoms with E-state index in [0.29, 0.717) is 18.2 Å². The number of carbonyl (C=O) groups excluding carboxylic acids is 1. The van der Waals surface area contributed by atoms with E-state index < -0.39 is 11.6 Å². The summed E-state index contributed by atoms with van der Waals surface area (Å²) in [5.41, 5.74) is 0.597. The number of amides is 1. The smallest absolute Gasteiger partial charge is 0.236 e. The lowest BCUT2D eigenvalue weighted by molar-refractivity contribution is -0.133. The van der Waals surface area contributed by atoms with Crippen molar-refractivity contribution in [1.82, 2.24) is 9.80 Å². The molecule has 1 saturated carbocycles. The van der Waals surface area contributed by atoms with Gasteiger partial charge in [0.2, 0.25) is 5.91 Å². The molecule has 0 spiro atoms. The molecular formula is C18H26F2N2O. The Morgan fingerprint density at radius 3 is 2.43 bits per heavy atom. The minimum absolute atomic E-state index is 0.00435. The predicted octanol–water partition coefficient (Wildman–Crippen LogP) is 3.75. The molecule has 1 fully saturated rings. The first-order valence-electron chi connectivity index (χ1n) is 8.31. The van der Waals surface area contributed by atoms with Gasteiger partial charge in [-0.1, -0.05) is 25.3 Å². The van der Waals surface area contributed by atoms with Crippen LogP contribution in [0.25, 0.3) is 0 Å². The van der Waals surface area contributed by atoms with Gasteiger partial charge < -0.3 is 4.90 Å². The Morgan fingerprint density at radius 1 is 1.17 bits per heavy atom. The summed E-state index contributed by atoms with van der Waals surface area (Å²) in [6.45, 7) is 2.18. The van der Waals surface area contributed by atoms with Gasteiger partial charge in [-0.3, -0.25) is 9.69 Å². The first-order chi connectivity index (χ1) is 10.9. The van der Waals surface area contributed by atoms with Crippen LogP contribution >= 0.6 is 0 Å². The monoisotopic (exact) mass is 324 g/mol. The second-order valence-corrected chi connectivity index (χ2v) is 6.56. The van der Waals surface area contributed by atoms with Gasteiger partial charge >= 0.3 is 0 Å². The lowest BCUT2D eigenvalue weighted by atomic mass is 9.94. The van der Waals surface area contributed by atoms with Crippen molar-refractivity contribution >= 4 is 5.91 Å². The van der Waals surface area contributed by atoms with Crippen LogP contribution < -0.4 is 0 Å². The summed E-state index contributed by atoms with van der Waals surface area (Å²) in [6, 6.07) is 3.97. The Kier molecular flexibility index (Phi) is 6.10. The first-order valence-corrected chi connectivity index (χ1v) is 8.31. The van der Waals surface area contributed by atoms with Gasteiger partial charge in [0.05, 0.1) is 12.6 Å². The number of rotatable bonds is 5. The van der Waals surface area contributed by atoms with E-state index in [2.05, 4.69) is 4.90 Å². The molecule has 1 atom stereocenters. The van der Waals surface area contributed by atoms with Crippen LogP contribution in [0.15, 0.2) is 18.2 Å². The number of carbonyl (C=O) groups is 1. The molecule has 0 N–H and O–H groups in total. The summed E-state index contributed by atoms with van der Waals surface area (Å²) in [4.78, 5) is 16.2. The van der Waals surface area contributed by atoms with Crippen molar-refractivity contribution in [3.63, 3.8) is 0 Å². The molecule has 1 aliphatic carbocycles. The third-order valence-electron chi connectivity index (χ3n) is 4.98. The highest BCUT2D eigenvalue weighted by Crippen LogP contribution is 2.23. The Bertz CT molecular complexity index is 544. The van der Waals surface area contributed by atoms with E-state index in [1.165, 1.54) is 25.3 Å². The molecule has 1 aliphatic rings. The van der Waals surface area contributed by atoms with E-state index in [-0.39, 0.29) is 11.9 Å². The number of likely N-dealkylation sites (N-methyl/N-ethyl adjacent to an activating group) is 2. The molecule has 0 aliphatic heterocycles. The normalized spacial score (nSPS) is 17.3. The molecule has 0 saturated heterocycles. The van der Waals surface area contributed by atoms with E-state index >= 15 is 0 Å². The minimum Gasteiger partial charge on any atom is -0.338 e. The van der Waals surface area contributed by atoms with Crippen molar-refractivity contribution in [1.29, 1.82) is 0 Å². The quantitative estimate of drug-likeness (QED) is 0.823. The maximum atomic E-state index is 13.4. The molecule has 23 heavy (non-hydrogen) atoms.